The molecule has 0 radical (unpaired) electrons. The smallest absolute Gasteiger partial charge is 0.00158 e. The molecule has 0 rings (SSSR count). The van der Waals surface area contributed by atoms with Crippen molar-refractivity contribution in [2.45, 2.75) is 52.4 Å². The van der Waals surface area contributed by atoms with Crippen molar-refractivity contribution in [3.63, 3.8) is 0 Å². The number of rotatable bonds is 10. The minimum atomic E-state index is 0. The molecule has 0 saturated heterocycles. The van der Waals surface area contributed by atoms with Crippen molar-refractivity contribution in [1.82, 2.24) is 4.90 Å². The van der Waals surface area contributed by atoms with Crippen LogP contribution in [0.25, 0.3) is 0 Å². The molecule has 0 aromatic heterocycles. The summed E-state index contributed by atoms with van der Waals surface area (Å²) in [6.07, 6.45) is 9.77. The summed E-state index contributed by atoms with van der Waals surface area (Å²) in [5.41, 5.74) is 0. The monoisotopic (exact) mass is 233 g/mol. The van der Waals surface area contributed by atoms with E-state index in [2.05, 4.69) is 25.3 Å². The fraction of sp³-hybridized carbons (Fsp3) is 0.846. The van der Waals surface area contributed by atoms with Gasteiger partial charge in [-0.05, 0) is 45.3 Å². The Bertz CT molecular complexity index is 118. The van der Waals surface area contributed by atoms with Crippen molar-refractivity contribution in [2.24, 2.45) is 0 Å². The van der Waals surface area contributed by atoms with Crippen molar-refractivity contribution < 1.29 is 0 Å². The molecule has 0 aliphatic rings. The highest BCUT2D eigenvalue weighted by molar-refractivity contribution is 5.85. The number of halogens is 1. The molecule has 0 amide bonds. The first-order valence-electron chi connectivity index (χ1n) is 6.18. The topological polar surface area (TPSA) is 3.24 Å². The van der Waals surface area contributed by atoms with Crippen LogP contribution < -0.4 is 0 Å². The van der Waals surface area contributed by atoms with Crippen molar-refractivity contribution in [3.8, 4) is 0 Å². The molecule has 0 heterocycles. The standard InChI is InChI=1S/C13H27N.ClH/c1-4-7-10-13-14(11-8-5-2)12-9-6-3;/h4H,1,5-13H2,2-3H3;1H. The van der Waals surface area contributed by atoms with Gasteiger partial charge in [0.1, 0.15) is 0 Å². The van der Waals surface area contributed by atoms with Crippen LogP contribution in [0.3, 0.4) is 0 Å². The second-order valence-corrected chi connectivity index (χ2v) is 3.98. The average molecular weight is 234 g/mol. The van der Waals surface area contributed by atoms with Crippen LogP contribution in [0.5, 0.6) is 0 Å². The Hall–Kier alpha value is -0.0100. The summed E-state index contributed by atoms with van der Waals surface area (Å²) in [4.78, 5) is 2.61. The Morgan fingerprint density at radius 1 is 0.933 bits per heavy atom. The molecular weight excluding hydrogens is 206 g/mol. The Kier molecular flexibility index (Phi) is 16.2. The minimum absolute atomic E-state index is 0. The quantitative estimate of drug-likeness (QED) is 0.402. The molecule has 0 aromatic rings. The van der Waals surface area contributed by atoms with Crippen LogP contribution in [0.1, 0.15) is 52.4 Å². The van der Waals surface area contributed by atoms with E-state index in [9.17, 15) is 0 Å². The SMILES string of the molecule is C=CCCCN(CCCC)CCCC.Cl. The second-order valence-electron chi connectivity index (χ2n) is 3.98. The lowest BCUT2D eigenvalue weighted by Crippen LogP contribution is -2.27. The first-order valence-corrected chi connectivity index (χ1v) is 6.18. The van der Waals surface area contributed by atoms with Gasteiger partial charge in [-0.15, -0.1) is 19.0 Å². The Morgan fingerprint density at radius 2 is 1.40 bits per heavy atom. The van der Waals surface area contributed by atoms with Crippen LogP contribution in [0, 0.1) is 0 Å². The van der Waals surface area contributed by atoms with Gasteiger partial charge < -0.3 is 4.90 Å². The van der Waals surface area contributed by atoms with Gasteiger partial charge in [0, 0.05) is 0 Å². The van der Waals surface area contributed by atoms with Gasteiger partial charge >= 0.3 is 0 Å². The molecular formula is C13H28ClN. The predicted octanol–water partition coefficient (Wildman–Crippen LogP) is 4.28. The zero-order valence-electron chi connectivity index (χ0n) is 10.5. The second kappa shape index (κ2) is 14.0. The van der Waals surface area contributed by atoms with Crippen LogP contribution in [0.15, 0.2) is 12.7 Å². The highest BCUT2D eigenvalue weighted by Gasteiger charge is 2.02. The summed E-state index contributed by atoms with van der Waals surface area (Å²) in [5, 5.41) is 0. The van der Waals surface area contributed by atoms with E-state index in [0.29, 0.717) is 0 Å². The van der Waals surface area contributed by atoms with E-state index >= 15 is 0 Å². The van der Waals surface area contributed by atoms with E-state index in [1.807, 2.05) is 6.08 Å². The van der Waals surface area contributed by atoms with Gasteiger partial charge in [0.2, 0.25) is 0 Å². The normalized spacial score (nSPS) is 10.1. The predicted molar refractivity (Wildman–Crippen MR) is 72.9 cm³/mol. The number of unbranched alkanes of at least 4 members (excludes halogenated alkanes) is 3. The zero-order valence-corrected chi connectivity index (χ0v) is 11.3. The third-order valence-electron chi connectivity index (χ3n) is 2.54. The Morgan fingerprint density at radius 3 is 1.80 bits per heavy atom. The highest BCUT2D eigenvalue weighted by atomic mass is 35.5. The van der Waals surface area contributed by atoms with Crippen molar-refractivity contribution in [2.75, 3.05) is 19.6 Å². The lowest BCUT2D eigenvalue weighted by molar-refractivity contribution is 0.263. The summed E-state index contributed by atoms with van der Waals surface area (Å²) in [6.45, 7) is 12.1. The average Bonchev–Trinajstić information content (AvgIpc) is 2.21. The molecule has 0 aromatic carbocycles. The van der Waals surface area contributed by atoms with Crippen molar-refractivity contribution in [1.29, 1.82) is 0 Å². The van der Waals surface area contributed by atoms with E-state index < -0.39 is 0 Å². The summed E-state index contributed by atoms with van der Waals surface area (Å²) in [7, 11) is 0. The molecule has 2 heteroatoms. The van der Waals surface area contributed by atoms with E-state index in [1.54, 1.807) is 0 Å². The van der Waals surface area contributed by atoms with Gasteiger partial charge in [0.25, 0.3) is 0 Å². The van der Waals surface area contributed by atoms with Crippen LogP contribution in [0.2, 0.25) is 0 Å². The zero-order chi connectivity index (χ0) is 10.6. The number of hydrogen-bond donors (Lipinski definition) is 0. The molecule has 0 unspecified atom stereocenters. The lowest BCUT2D eigenvalue weighted by Gasteiger charge is -2.21. The molecule has 0 aliphatic carbocycles. The fourth-order valence-electron chi connectivity index (χ4n) is 1.56. The first kappa shape index (κ1) is 17.4. The fourth-order valence-corrected chi connectivity index (χ4v) is 1.56. The van der Waals surface area contributed by atoms with E-state index in [-0.39, 0.29) is 12.4 Å². The third kappa shape index (κ3) is 11.9. The van der Waals surface area contributed by atoms with Crippen LogP contribution >= 0.6 is 12.4 Å². The summed E-state index contributed by atoms with van der Waals surface area (Å²) < 4.78 is 0. The number of nitrogens with zero attached hydrogens (tertiary/aromatic N) is 1. The maximum absolute atomic E-state index is 3.76. The van der Waals surface area contributed by atoms with Gasteiger partial charge in [-0.1, -0.05) is 32.8 Å². The van der Waals surface area contributed by atoms with E-state index in [1.165, 1.54) is 51.7 Å². The van der Waals surface area contributed by atoms with Crippen LogP contribution in [-0.4, -0.2) is 24.5 Å². The van der Waals surface area contributed by atoms with E-state index in [4.69, 9.17) is 0 Å². The Balaban J connectivity index is 0. The van der Waals surface area contributed by atoms with Gasteiger partial charge in [0.05, 0.1) is 0 Å². The van der Waals surface area contributed by atoms with Gasteiger partial charge in [-0.25, -0.2) is 0 Å². The van der Waals surface area contributed by atoms with Crippen LogP contribution in [0.4, 0.5) is 0 Å². The maximum Gasteiger partial charge on any atom is -0.00158 e. The third-order valence-corrected chi connectivity index (χ3v) is 2.54. The summed E-state index contributed by atoms with van der Waals surface area (Å²) >= 11 is 0. The highest BCUT2D eigenvalue weighted by Crippen LogP contribution is 2.02. The van der Waals surface area contributed by atoms with E-state index in [0.717, 1.165) is 6.42 Å². The van der Waals surface area contributed by atoms with Gasteiger partial charge in [0.15, 0.2) is 0 Å². The van der Waals surface area contributed by atoms with Crippen LogP contribution in [-0.2, 0) is 0 Å². The number of allylic oxidation sites excluding steroid dienone is 1. The van der Waals surface area contributed by atoms with Crippen molar-refractivity contribution in [3.05, 3.63) is 12.7 Å². The molecule has 0 N–H and O–H groups in total. The lowest BCUT2D eigenvalue weighted by atomic mass is 10.2. The molecule has 0 bridgehead atoms. The molecule has 1 nitrogen and oxygen atoms in total. The first-order chi connectivity index (χ1) is 6.85. The van der Waals surface area contributed by atoms with Gasteiger partial charge in [-0.2, -0.15) is 0 Å². The van der Waals surface area contributed by atoms with Crippen molar-refractivity contribution >= 4 is 12.4 Å². The maximum atomic E-state index is 3.76. The number of hydrogen-bond acceptors (Lipinski definition) is 1. The Labute approximate surface area is 102 Å². The minimum Gasteiger partial charge on any atom is -0.303 e. The summed E-state index contributed by atoms with van der Waals surface area (Å²) in [5.74, 6) is 0. The molecule has 0 atom stereocenters. The molecule has 92 valence electrons. The molecule has 0 aliphatic heterocycles. The van der Waals surface area contributed by atoms with Gasteiger partial charge in [-0.3, -0.25) is 0 Å². The molecule has 0 saturated carbocycles. The molecule has 15 heavy (non-hydrogen) atoms. The largest absolute Gasteiger partial charge is 0.303 e. The molecule has 0 spiro atoms. The molecule has 0 fully saturated rings. The summed E-state index contributed by atoms with van der Waals surface area (Å²) in [6, 6.07) is 0.